The van der Waals surface area contributed by atoms with E-state index in [2.05, 4.69) is 31.2 Å². The Hall–Kier alpha value is -1.80. The van der Waals surface area contributed by atoms with Gasteiger partial charge in [0.05, 0.1) is 13.2 Å². The Balaban J connectivity index is 2.16. The van der Waals surface area contributed by atoms with E-state index in [-0.39, 0.29) is 0 Å². The van der Waals surface area contributed by atoms with Crippen molar-refractivity contribution < 1.29 is 9.84 Å². The molecule has 0 saturated heterocycles. The van der Waals surface area contributed by atoms with Crippen molar-refractivity contribution >= 4 is 0 Å². The van der Waals surface area contributed by atoms with E-state index < -0.39 is 6.10 Å². The van der Waals surface area contributed by atoms with Gasteiger partial charge in [0, 0.05) is 12.0 Å². The van der Waals surface area contributed by atoms with Crippen molar-refractivity contribution in [3.63, 3.8) is 0 Å². The highest BCUT2D eigenvalue weighted by Crippen LogP contribution is 2.28. The van der Waals surface area contributed by atoms with E-state index in [4.69, 9.17) is 4.74 Å². The molecule has 0 bridgehead atoms. The molecule has 1 unspecified atom stereocenters. The van der Waals surface area contributed by atoms with Crippen molar-refractivity contribution in [2.75, 3.05) is 7.11 Å². The Labute approximate surface area is 121 Å². The molecule has 2 aromatic carbocycles. The second kappa shape index (κ2) is 6.58. The van der Waals surface area contributed by atoms with Gasteiger partial charge in [0.25, 0.3) is 0 Å². The molecular weight excluding hydrogens is 248 g/mol. The number of hydrogen-bond donors (Lipinski definition) is 1. The zero-order chi connectivity index (χ0) is 14.5. The highest BCUT2D eigenvalue weighted by Gasteiger charge is 2.14. The average Bonchev–Trinajstić information content (AvgIpc) is 2.47. The van der Waals surface area contributed by atoms with Crippen LogP contribution in [0.4, 0.5) is 0 Å². The summed E-state index contributed by atoms with van der Waals surface area (Å²) in [6, 6.07) is 14.3. The van der Waals surface area contributed by atoms with Crippen LogP contribution in [0.1, 0.15) is 35.3 Å². The van der Waals surface area contributed by atoms with E-state index in [1.165, 1.54) is 5.56 Å². The monoisotopic (exact) mass is 270 g/mol. The van der Waals surface area contributed by atoms with Gasteiger partial charge in [-0.2, -0.15) is 0 Å². The van der Waals surface area contributed by atoms with E-state index in [0.717, 1.165) is 28.9 Å². The van der Waals surface area contributed by atoms with Crippen LogP contribution >= 0.6 is 0 Å². The van der Waals surface area contributed by atoms with Crippen LogP contribution in [0.3, 0.4) is 0 Å². The summed E-state index contributed by atoms with van der Waals surface area (Å²) in [5, 5.41) is 10.4. The van der Waals surface area contributed by atoms with Gasteiger partial charge < -0.3 is 9.84 Å². The lowest BCUT2D eigenvalue weighted by atomic mass is 9.98. The number of aryl methyl sites for hydroxylation is 2. The highest BCUT2D eigenvalue weighted by atomic mass is 16.5. The summed E-state index contributed by atoms with van der Waals surface area (Å²) in [6.45, 7) is 4.16. The van der Waals surface area contributed by atoms with Crippen LogP contribution in [-0.4, -0.2) is 12.2 Å². The SMILES string of the molecule is CCc1ccc(CC(O)c2ccc(C)cc2OC)cc1. The molecule has 0 fully saturated rings. The predicted octanol–water partition coefficient (Wildman–Crippen LogP) is 3.84. The lowest BCUT2D eigenvalue weighted by molar-refractivity contribution is 0.174. The fourth-order valence-electron chi connectivity index (χ4n) is 2.34. The second-order valence-electron chi connectivity index (χ2n) is 5.14. The summed E-state index contributed by atoms with van der Waals surface area (Å²) in [7, 11) is 1.64. The van der Waals surface area contributed by atoms with Crippen LogP contribution in [0.15, 0.2) is 42.5 Å². The first-order chi connectivity index (χ1) is 9.63. The van der Waals surface area contributed by atoms with Gasteiger partial charge in [-0.05, 0) is 36.1 Å². The normalized spacial score (nSPS) is 12.2. The Morgan fingerprint density at radius 3 is 2.30 bits per heavy atom. The molecule has 0 saturated carbocycles. The highest BCUT2D eigenvalue weighted by molar-refractivity contribution is 5.39. The molecule has 0 aliphatic rings. The lowest BCUT2D eigenvalue weighted by Crippen LogP contribution is -2.04. The summed E-state index contributed by atoms with van der Waals surface area (Å²) in [5.41, 5.74) is 4.43. The van der Waals surface area contributed by atoms with Crippen LogP contribution in [0.2, 0.25) is 0 Å². The Kier molecular flexibility index (Phi) is 4.80. The first kappa shape index (κ1) is 14.6. The number of hydrogen-bond acceptors (Lipinski definition) is 2. The van der Waals surface area contributed by atoms with Crippen molar-refractivity contribution in [1.29, 1.82) is 0 Å². The van der Waals surface area contributed by atoms with Gasteiger partial charge in [-0.25, -0.2) is 0 Å². The Morgan fingerprint density at radius 2 is 1.70 bits per heavy atom. The number of aliphatic hydroxyl groups excluding tert-OH is 1. The molecule has 0 aromatic heterocycles. The van der Waals surface area contributed by atoms with Crippen LogP contribution in [0.25, 0.3) is 0 Å². The first-order valence-electron chi connectivity index (χ1n) is 7.04. The van der Waals surface area contributed by atoms with Gasteiger partial charge in [-0.3, -0.25) is 0 Å². The first-order valence-corrected chi connectivity index (χ1v) is 7.04. The number of benzene rings is 2. The number of ether oxygens (including phenoxy) is 1. The molecule has 2 rings (SSSR count). The molecule has 2 aromatic rings. The number of methoxy groups -OCH3 is 1. The Morgan fingerprint density at radius 1 is 1.05 bits per heavy atom. The van der Waals surface area contributed by atoms with Crippen molar-refractivity contribution in [2.24, 2.45) is 0 Å². The molecule has 0 spiro atoms. The minimum Gasteiger partial charge on any atom is -0.496 e. The number of aliphatic hydroxyl groups is 1. The van der Waals surface area contributed by atoms with Gasteiger partial charge in [0.1, 0.15) is 5.75 Å². The largest absolute Gasteiger partial charge is 0.496 e. The van der Waals surface area contributed by atoms with Gasteiger partial charge in [0.15, 0.2) is 0 Å². The molecule has 1 atom stereocenters. The van der Waals surface area contributed by atoms with E-state index >= 15 is 0 Å². The standard InChI is InChI=1S/C18H22O2/c1-4-14-6-8-15(9-7-14)12-17(19)16-10-5-13(2)11-18(16)20-3/h5-11,17,19H,4,12H2,1-3H3. The van der Waals surface area contributed by atoms with E-state index in [9.17, 15) is 5.11 Å². The molecule has 0 heterocycles. The van der Waals surface area contributed by atoms with Crippen LogP contribution in [0.5, 0.6) is 5.75 Å². The molecule has 0 amide bonds. The summed E-state index contributed by atoms with van der Waals surface area (Å²) in [5.74, 6) is 0.752. The molecule has 0 aliphatic heterocycles. The zero-order valence-corrected chi connectivity index (χ0v) is 12.4. The maximum atomic E-state index is 10.4. The fourth-order valence-corrected chi connectivity index (χ4v) is 2.34. The maximum Gasteiger partial charge on any atom is 0.124 e. The molecule has 2 nitrogen and oxygen atoms in total. The molecule has 106 valence electrons. The topological polar surface area (TPSA) is 29.5 Å². The third kappa shape index (κ3) is 3.40. The van der Waals surface area contributed by atoms with E-state index in [0.29, 0.717) is 6.42 Å². The molecule has 1 N–H and O–H groups in total. The van der Waals surface area contributed by atoms with Crippen molar-refractivity contribution in [3.05, 3.63) is 64.7 Å². The predicted molar refractivity (Wildman–Crippen MR) is 82.2 cm³/mol. The van der Waals surface area contributed by atoms with Crippen LogP contribution in [0, 0.1) is 6.92 Å². The fraction of sp³-hybridized carbons (Fsp3) is 0.333. The van der Waals surface area contributed by atoms with Gasteiger partial charge in [-0.15, -0.1) is 0 Å². The van der Waals surface area contributed by atoms with E-state index in [1.807, 2.05) is 25.1 Å². The smallest absolute Gasteiger partial charge is 0.124 e. The lowest BCUT2D eigenvalue weighted by Gasteiger charge is -2.15. The summed E-state index contributed by atoms with van der Waals surface area (Å²) < 4.78 is 5.36. The van der Waals surface area contributed by atoms with Gasteiger partial charge in [0.2, 0.25) is 0 Å². The molecule has 0 radical (unpaired) electrons. The average molecular weight is 270 g/mol. The summed E-state index contributed by atoms with van der Waals surface area (Å²) in [6.07, 6.45) is 1.09. The second-order valence-corrected chi connectivity index (χ2v) is 5.14. The van der Waals surface area contributed by atoms with Gasteiger partial charge >= 0.3 is 0 Å². The minimum atomic E-state index is -0.543. The summed E-state index contributed by atoms with van der Waals surface area (Å²) >= 11 is 0. The van der Waals surface area contributed by atoms with Gasteiger partial charge in [-0.1, -0.05) is 43.3 Å². The third-order valence-electron chi connectivity index (χ3n) is 3.61. The van der Waals surface area contributed by atoms with Crippen molar-refractivity contribution in [3.8, 4) is 5.75 Å². The van der Waals surface area contributed by atoms with E-state index in [1.54, 1.807) is 7.11 Å². The number of rotatable bonds is 5. The van der Waals surface area contributed by atoms with Crippen LogP contribution < -0.4 is 4.74 Å². The minimum absolute atomic E-state index is 0.543. The van der Waals surface area contributed by atoms with Crippen LogP contribution in [-0.2, 0) is 12.8 Å². The third-order valence-corrected chi connectivity index (χ3v) is 3.61. The quantitative estimate of drug-likeness (QED) is 0.894. The molecular formula is C18H22O2. The summed E-state index contributed by atoms with van der Waals surface area (Å²) in [4.78, 5) is 0. The molecule has 2 heteroatoms. The van der Waals surface area contributed by atoms with Crippen molar-refractivity contribution in [1.82, 2.24) is 0 Å². The molecule has 20 heavy (non-hydrogen) atoms. The zero-order valence-electron chi connectivity index (χ0n) is 12.4. The Bertz CT molecular complexity index is 558. The maximum absolute atomic E-state index is 10.4. The van der Waals surface area contributed by atoms with Crippen molar-refractivity contribution in [2.45, 2.75) is 32.8 Å². The molecule has 0 aliphatic carbocycles.